The third kappa shape index (κ3) is 3.26. The van der Waals surface area contributed by atoms with E-state index in [2.05, 4.69) is 10.1 Å². The second kappa shape index (κ2) is 5.52. The van der Waals surface area contributed by atoms with E-state index in [0.29, 0.717) is 5.69 Å². The van der Waals surface area contributed by atoms with Crippen LogP contribution in [0.4, 0.5) is 18.9 Å². The Kier molecular flexibility index (Phi) is 3.71. The highest BCUT2D eigenvalue weighted by molar-refractivity contribution is 7.99. The predicted molar refractivity (Wildman–Crippen MR) is 76.7 cm³/mol. The quantitative estimate of drug-likeness (QED) is 0.876. The molecule has 110 valence electrons. The molecule has 1 atom stereocenters. The normalized spacial score (nSPS) is 17.4. The number of nitrogens with one attached hydrogen (secondary N) is 1. The van der Waals surface area contributed by atoms with E-state index in [-0.39, 0.29) is 11.8 Å². The minimum Gasteiger partial charge on any atom is -0.404 e. The third-order valence-corrected chi connectivity index (χ3v) is 4.33. The molecule has 0 bridgehead atoms. The average molecular weight is 311 g/mol. The summed E-state index contributed by atoms with van der Waals surface area (Å²) in [4.78, 5) is 1.16. The smallest absolute Gasteiger partial charge is 0.404 e. The van der Waals surface area contributed by atoms with Gasteiger partial charge in [0.15, 0.2) is 5.75 Å². The van der Waals surface area contributed by atoms with E-state index in [0.717, 1.165) is 16.2 Å². The summed E-state index contributed by atoms with van der Waals surface area (Å²) in [6.07, 6.45) is -4.69. The fraction of sp³-hybridized carbons (Fsp3) is 0.200. The predicted octanol–water partition coefficient (Wildman–Crippen LogP) is 4.84. The number of ether oxygens (including phenoxy) is 1. The molecule has 2 aromatic rings. The Labute approximate surface area is 124 Å². The molecule has 0 aliphatic carbocycles. The molecule has 0 fully saturated rings. The lowest BCUT2D eigenvalue weighted by atomic mass is 10.1. The molecule has 0 aromatic heterocycles. The number of para-hydroxylation sites is 2. The van der Waals surface area contributed by atoms with E-state index in [1.807, 2.05) is 24.3 Å². The first-order valence-electron chi connectivity index (χ1n) is 6.36. The molecule has 2 aromatic carbocycles. The molecule has 1 N–H and O–H groups in total. The maximum atomic E-state index is 12.4. The Bertz CT molecular complexity index is 645. The largest absolute Gasteiger partial charge is 0.573 e. The van der Waals surface area contributed by atoms with Gasteiger partial charge >= 0.3 is 6.36 Å². The van der Waals surface area contributed by atoms with E-state index >= 15 is 0 Å². The van der Waals surface area contributed by atoms with Gasteiger partial charge in [0.1, 0.15) is 0 Å². The SMILES string of the molecule is FC(F)(F)Oc1ccccc1NC1CSc2ccccc21. The lowest BCUT2D eigenvalue weighted by Crippen LogP contribution is -2.19. The van der Waals surface area contributed by atoms with Crippen LogP contribution in [0.1, 0.15) is 11.6 Å². The lowest BCUT2D eigenvalue weighted by molar-refractivity contribution is -0.274. The Morgan fingerprint density at radius 1 is 1.05 bits per heavy atom. The molecule has 21 heavy (non-hydrogen) atoms. The summed E-state index contributed by atoms with van der Waals surface area (Å²) >= 11 is 1.69. The molecule has 0 radical (unpaired) electrons. The molecule has 0 spiro atoms. The molecule has 1 heterocycles. The topological polar surface area (TPSA) is 21.3 Å². The first kappa shape index (κ1) is 14.1. The molecule has 0 saturated heterocycles. The Hall–Kier alpha value is -1.82. The van der Waals surface area contributed by atoms with Crippen molar-refractivity contribution in [3.63, 3.8) is 0 Å². The van der Waals surface area contributed by atoms with Crippen molar-refractivity contribution in [2.24, 2.45) is 0 Å². The zero-order chi connectivity index (χ0) is 14.9. The number of hydrogen-bond acceptors (Lipinski definition) is 3. The lowest BCUT2D eigenvalue weighted by Gasteiger charge is -2.18. The Morgan fingerprint density at radius 3 is 2.57 bits per heavy atom. The van der Waals surface area contributed by atoms with Crippen molar-refractivity contribution in [3.8, 4) is 5.75 Å². The fourth-order valence-corrected chi connectivity index (χ4v) is 3.43. The highest BCUT2D eigenvalue weighted by Crippen LogP contribution is 2.41. The molecular formula is C15H12F3NOS. The van der Waals surface area contributed by atoms with Crippen LogP contribution in [-0.2, 0) is 0 Å². The monoisotopic (exact) mass is 311 g/mol. The number of benzene rings is 2. The molecule has 1 aliphatic rings. The molecule has 6 heteroatoms. The van der Waals surface area contributed by atoms with Crippen molar-refractivity contribution in [1.29, 1.82) is 0 Å². The zero-order valence-electron chi connectivity index (χ0n) is 10.9. The first-order chi connectivity index (χ1) is 10.0. The van der Waals surface area contributed by atoms with Gasteiger partial charge in [-0.25, -0.2) is 0 Å². The summed E-state index contributed by atoms with van der Waals surface area (Å²) in [5.74, 6) is 0.569. The van der Waals surface area contributed by atoms with Crippen molar-refractivity contribution >= 4 is 17.4 Å². The van der Waals surface area contributed by atoms with Gasteiger partial charge in [0.25, 0.3) is 0 Å². The van der Waals surface area contributed by atoms with Crippen LogP contribution in [0.3, 0.4) is 0 Å². The van der Waals surface area contributed by atoms with E-state index in [4.69, 9.17) is 0 Å². The van der Waals surface area contributed by atoms with Gasteiger partial charge in [0.05, 0.1) is 11.7 Å². The number of fused-ring (bicyclic) bond motifs is 1. The van der Waals surface area contributed by atoms with Crippen LogP contribution in [0.15, 0.2) is 53.4 Å². The van der Waals surface area contributed by atoms with Crippen molar-refractivity contribution in [2.45, 2.75) is 17.3 Å². The molecule has 0 saturated carbocycles. The van der Waals surface area contributed by atoms with Gasteiger partial charge in [0, 0.05) is 10.6 Å². The molecule has 0 amide bonds. The van der Waals surface area contributed by atoms with E-state index < -0.39 is 6.36 Å². The fourth-order valence-electron chi connectivity index (χ4n) is 2.27. The number of anilines is 1. The van der Waals surface area contributed by atoms with Gasteiger partial charge in [0.2, 0.25) is 0 Å². The van der Waals surface area contributed by atoms with Crippen LogP contribution in [0.2, 0.25) is 0 Å². The number of alkyl halides is 3. The number of thioether (sulfide) groups is 1. The summed E-state index contributed by atoms with van der Waals surface area (Å²) in [6, 6.07) is 14.0. The minimum atomic E-state index is -4.69. The molecule has 1 unspecified atom stereocenters. The number of halogens is 3. The maximum Gasteiger partial charge on any atom is 0.573 e. The highest BCUT2D eigenvalue weighted by atomic mass is 32.2. The van der Waals surface area contributed by atoms with Gasteiger partial charge in [-0.05, 0) is 23.8 Å². The second-order valence-electron chi connectivity index (χ2n) is 4.59. The van der Waals surface area contributed by atoms with E-state index in [1.165, 1.54) is 12.1 Å². The summed E-state index contributed by atoms with van der Waals surface area (Å²) < 4.78 is 41.3. The zero-order valence-corrected chi connectivity index (χ0v) is 11.7. The summed E-state index contributed by atoms with van der Waals surface area (Å²) in [5.41, 5.74) is 1.45. The molecular weight excluding hydrogens is 299 g/mol. The van der Waals surface area contributed by atoms with Gasteiger partial charge in [-0.1, -0.05) is 30.3 Å². The highest BCUT2D eigenvalue weighted by Gasteiger charge is 2.32. The standard InChI is InChI=1S/C15H12F3NOS/c16-15(17,18)20-13-7-3-2-6-11(13)19-12-9-21-14-8-4-1-5-10(12)14/h1-8,12,19H,9H2. The second-order valence-corrected chi connectivity index (χ2v) is 5.65. The molecule has 1 aliphatic heterocycles. The van der Waals surface area contributed by atoms with Crippen LogP contribution < -0.4 is 10.1 Å². The van der Waals surface area contributed by atoms with Gasteiger partial charge in [-0.2, -0.15) is 0 Å². The summed E-state index contributed by atoms with van der Waals surface area (Å²) in [6.45, 7) is 0. The van der Waals surface area contributed by atoms with Crippen molar-refractivity contribution in [2.75, 3.05) is 11.1 Å². The van der Waals surface area contributed by atoms with Gasteiger partial charge < -0.3 is 10.1 Å². The molecule has 3 rings (SSSR count). The summed E-state index contributed by atoms with van der Waals surface area (Å²) in [7, 11) is 0. The van der Waals surface area contributed by atoms with Crippen LogP contribution in [0.25, 0.3) is 0 Å². The Morgan fingerprint density at radius 2 is 1.76 bits per heavy atom. The van der Waals surface area contributed by atoms with E-state index in [1.54, 1.807) is 23.9 Å². The average Bonchev–Trinajstić information content (AvgIpc) is 2.83. The summed E-state index contributed by atoms with van der Waals surface area (Å²) in [5, 5.41) is 3.14. The van der Waals surface area contributed by atoms with Crippen LogP contribution in [-0.4, -0.2) is 12.1 Å². The maximum absolute atomic E-state index is 12.4. The Balaban J connectivity index is 1.83. The first-order valence-corrected chi connectivity index (χ1v) is 7.34. The van der Waals surface area contributed by atoms with E-state index in [9.17, 15) is 13.2 Å². The van der Waals surface area contributed by atoms with Crippen molar-refractivity contribution in [3.05, 3.63) is 54.1 Å². The number of rotatable bonds is 3. The van der Waals surface area contributed by atoms with Gasteiger partial charge in [-0.15, -0.1) is 24.9 Å². The third-order valence-electron chi connectivity index (χ3n) is 3.14. The van der Waals surface area contributed by atoms with Gasteiger partial charge in [-0.3, -0.25) is 0 Å². The van der Waals surface area contributed by atoms with Crippen molar-refractivity contribution < 1.29 is 17.9 Å². The van der Waals surface area contributed by atoms with Crippen LogP contribution >= 0.6 is 11.8 Å². The van der Waals surface area contributed by atoms with Crippen molar-refractivity contribution in [1.82, 2.24) is 0 Å². The molecule has 2 nitrogen and oxygen atoms in total. The van der Waals surface area contributed by atoms with Crippen LogP contribution in [0.5, 0.6) is 5.75 Å². The minimum absolute atomic E-state index is 0.0239. The van der Waals surface area contributed by atoms with Crippen LogP contribution in [0, 0.1) is 0 Å². The number of hydrogen-bond donors (Lipinski definition) is 1.